The number of nitrogens with zero attached hydrogens (tertiary/aromatic N) is 3. The highest BCUT2D eigenvalue weighted by molar-refractivity contribution is 5.42. The average molecular weight is 272 g/mol. The van der Waals surface area contributed by atoms with Gasteiger partial charge in [-0.15, -0.1) is 0 Å². The van der Waals surface area contributed by atoms with Gasteiger partial charge in [0.2, 0.25) is 5.88 Å². The van der Waals surface area contributed by atoms with E-state index >= 15 is 0 Å². The van der Waals surface area contributed by atoms with Crippen LogP contribution in [-0.2, 0) is 13.1 Å². The van der Waals surface area contributed by atoms with Crippen molar-refractivity contribution in [3.63, 3.8) is 0 Å². The van der Waals surface area contributed by atoms with Gasteiger partial charge in [-0.3, -0.25) is 0 Å². The Morgan fingerprint density at radius 3 is 2.65 bits per heavy atom. The molecule has 0 aliphatic carbocycles. The lowest BCUT2D eigenvalue weighted by molar-refractivity contribution is 0.395. The van der Waals surface area contributed by atoms with E-state index in [9.17, 15) is 0 Å². The van der Waals surface area contributed by atoms with Gasteiger partial charge in [-0.1, -0.05) is 24.3 Å². The summed E-state index contributed by atoms with van der Waals surface area (Å²) in [7, 11) is 3.60. The van der Waals surface area contributed by atoms with Crippen molar-refractivity contribution in [2.45, 2.75) is 20.0 Å². The summed E-state index contributed by atoms with van der Waals surface area (Å²) in [6, 6.07) is 10.1. The van der Waals surface area contributed by atoms with Gasteiger partial charge in [-0.05, 0) is 18.1 Å². The van der Waals surface area contributed by atoms with Crippen LogP contribution in [0.1, 0.15) is 17.0 Å². The van der Waals surface area contributed by atoms with E-state index in [2.05, 4.69) is 27.0 Å². The third-order valence-corrected chi connectivity index (χ3v) is 3.05. The monoisotopic (exact) mass is 272 g/mol. The summed E-state index contributed by atoms with van der Waals surface area (Å²) in [5.74, 6) is 2.12. The Morgan fingerprint density at radius 1 is 1.20 bits per heavy atom. The van der Waals surface area contributed by atoms with Crippen molar-refractivity contribution in [3.05, 3.63) is 47.3 Å². The number of rotatable bonds is 5. The number of ether oxygens (including phenoxy) is 1. The molecule has 0 fully saturated rings. The molecule has 1 aromatic heterocycles. The molecule has 2 rings (SSSR count). The molecule has 0 bridgehead atoms. The Kier molecular flexibility index (Phi) is 4.53. The van der Waals surface area contributed by atoms with Crippen LogP contribution >= 0.6 is 0 Å². The zero-order valence-electron chi connectivity index (χ0n) is 12.1. The molecule has 1 aromatic carbocycles. The lowest BCUT2D eigenvalue weighted by atomic mass is 10.1. The molecule has 0 saturated heterocycles. The first kappa shape index (κ1) is 14.3. The van der Waals surface area contributed by atoms with Gasteiger partial charge in [0.1, 0.15) is 11.6 Å². The van der Waals surface area contributed by atoms with Crippen molar-refractivity contribution in [2.75, 3.05) is 19.1 Å². The van der Waals surface area contributed by atoms with Crippen molar-refractivity contribution in [1.82, 2.24) is 9.97 Å². The van der Waals surface area contributed by atoms with Crippen molar-refractivity contribution >= 4 is 5.82 Å². The zero-order chi connectivity index (χ0) is 14.5. The van der Waals surface area contributed by atoms with E-state index in [0.29, 0.717) is 18.2 Å². The van der Waals surface area contributed by atoms with E-state index in [1.54, 1.807) is 7.11 Å². The minimum absolute atomic E-state index is 0.554. The summed E-state index contributed by atoms with van der Waals surface area (Å²) in [5.41, 5.74) is 8.00. The third kappa shape index (κ3) is 3.45. The number of hydrogen-bond acceptors (Lipinski definition) is 5. The maximum atomic E-state index is 5.67. The van der Waals surface area contributed by atoms with E-state index in [4.69, 9.17) is 10.5 Å². The van der Waals surface area contributed by atoms with Crippen molar-refractivity contribution < 1.29 is 4.74 Å². The molecule has 0 radical (unpaired) electrons. The minimum Gasteiger partial charge on any atom is -0.481 e. The topological polar surface area (TPSA) is 64.3 Å². The van der Waals surface area contributed by atoms with Gasteiger partial charge in [0, 0.05) is 26.2 Å². The second-order valence-electron chi connectivity index (χ2n) is 4.70. The van der Waals surface area contributed by atoms with Crippen LogP contribution in [0, 0.1) is 6.92 Å². The molecule has 5 heteroatoms. The molecule has 0 aliphatic heterocycles. The van der Waals surface area contributed by atoms with Gasteiger partial charge in [0.25, 0.3) is 0 Å². The highest BCUT2D eigenvalue weighted by atomic mass is 16.5. The summed E-state index contributed by atoms with van der Waals surface area (Å²) in [6.07, 6.45) is 0. The quantitative estimate of drug-likeness (QED) is 0.900. The van der Waals surface area contributed by atoms with Crippen LogP contribution in [0.15, 0.2) is 30.3 Å². The molecule has 2 N–H and O–H groups in total. The Morgan fingerprint density at radius 2 is 1.95 bits per heavy atom. The highest BCUT2D eigenvalue weighted by Gasteiger charge is 2.08. The van der Waals surface area contributed by atoms with Crippen LogP contribution in [0.2, 0.25) is 0 Å². The smallest absolute Gasteiger partial charge is 0.218 e. The van der Waals surface area contributed by atoms with E-state index in [0.717, 1.165) is 17.9 Å². The Labute approximate surface area is 119 Å². The van der Waals surface area contributed by atoms with E-state index in [-0.39, 0.29) is 0 Å². The molecule has 5 nitrogen and oxygen atoms in total. The summed E-state index contributed by atoms with van der Waals surface area (Å²) in [5, 5.41) is 0. The van der Waals surface area contributed by atoms with Gasteiger partial charge in [0.05, 0.1) is 7.11 Å². The van der Waals surface area contributed by atoms with Crippen molar-refractivity contribution in [3.8, 4) is 5.88 Å². The third-order valence-electron chi connectivity index (χ3n) is 3.05. The molecule has 0 saturated carbocycles. The average Bonchev–Trinajstić information content (AvgIpc) is 2.46. The molecule has 0 amide bonds. The molecule has 0 atom stereocenters. The fourth-order valence-electron chi connectivity index (χ4n) is 2.04. The first-order valence-corrected chi connectivity index (χ1v) is 6.51. The lowest BCUT2D eigenvalue weighted by Crippen LogP contribution is -2.18. The lowest BCUT2D eigenvalue weighted by Gasteiger charge is -2.19. The molecule has 2 aromatic rings. The molecule has 1 heterocycles. The summed E-state index contributed by atoms with van der Waals surface area (Å²) >= 11 is 0. The number of aromatic nitrogens is 2. The normalized spacial score (nSPS) is 10.4. The fraction of sp³-hybridized carbons (Fsp3) is 0.333. The Hall–Kier alpha value is -2.14. The molecule has 0 unspecified atom stereocenters. The molecule has 20 heavy (non-hydrogen) atoms. The number of anilines is 1. The maximum Gasteiger partial charge on any atom is 0.218 e. The maximum absolute atomic E-state index is 5.67. The summed E-state index contributed by atoms with van der Waals surface area (Å²) in [4.78, 5) is 10.7. The predicted molar refractivity (Wildman–Crippen MR) is 79.8 cm³/mol. The van der Waals surface area contributed by atoms with E-state index in [1.165, 1.54) is 5.56 Å². The SMILES string of the molecule is COc1cc(N(C)Cc2cccc(CN)c2)nc(C)n1. The van der Waals surface area contributed by atoms with Crippen LogP contribution in [0.5, 0.6) is 5.88 Å². The van der Waals surface area contributed by atoms with E-state index in [1.807, 2.05) is 32.2 Å². The molecule has 106 valence electrons. The van der Waals surface area contributed by atoms with Gasteiger partial charge < -0.3 is 15.4 Å². The number of hydrogen-bond donors (Lipinski definition) is 1. The largest absolute Gasteiger partial charge is 0.481 e. The highest BCUT2D eigenvalue weighted by Crippen LogP contribution is 2.18. The van der Waals surface area contributed by atoms with E-state index < -0.39 is 0 Å². The Balaban J connectivity index is 2.18. The number of aryl methyl sites for hydroxylation is 1. The van der Waals surface area contributed by atoms with Crippen molar-refractivity contribution in [1.29, 1.82) is 0 Å². The summed E-state index contributed by atoms with van der Waals surface area (Å²) < 4.78 is 5.18. The molecular weight excluding hydrogens is 252 g/mol. The first-order valence-electron chi connectivity index (χ1n) is 6.51. The Bertz CT molecular complexity index is 586. The van der Waals surface area contributed by atoms with Crippen LogP contribution in [0.3, 0.4) is 0 Å². The van der Waals surface area contributed by atoms with Gasteiger partial charge >= 0.3 is 0 Å². The molecule has 0 aliphatic rings. The standard InChI is InChI=1S/C15H20N4O/c1-11-17-14(8-15(18-11)20-3)19(2)10-13-6-4-5-12(7-13)9-16/h4-8H,9-10,16H2,1-3H3. The number of benzene rings is 1. The van der Waals surface area contributed by atoms with Crippen LogP contribution in [0.25, 0.3) is 0 Å². The second-order valence-corrected chi connectivity index (χ2v) is 4.70. The number of methoxy groups -OCH3 is 1. The number of nitrogens with two attached hydrogens (primary N) is 1. The summed E-state index contributed by atoms with van der Waals surface area (Å²) in [6.45, 7) is 3.17. The first-order chi connectivity index (χ1) is 9.62. The molecule has 0 spiro atoms. The van der Waals surface area contributed by atoms with Crippen LogP contribution in [0.4, 0.5) is 5.82 Å². The van der Waals surface area contributed by atoms with Gasteiger partial charge in [-0.2, -0.15) is 4.98 Å². The van der Waals surface area contributed by atoms with Crippen LogP contribution in [-0.4, -0.2) is 24.1 Å². The molecular formula is C15H20N4O. The zero-order valence-corrected chi connectivity index (χ0v) is 12.1. The van der Waals surface area contributed by atoms with Gasteiger partial charge in [-0.25, -0.2) is 4.98 Å². The van der Waals surface area contributed by atoms with Gasteiger partial charge in [0.15, 0.2) is 0 Å². The van der Waals surface area contributed by atoms with Crippen LogP contribution < -0.4 is 15.4 Å². The minimum atomic E-state index is 0.554. The second kappa shape index (κ2) is 6.34. The van der Waals surface area contributed by atoms with Crippen molar-refractivity contribution in [2.24, 2.45) is 5.73 Å². The predicted octanol–water partition coefficient (Wildman–Crippen LogP) is 1.89. The fourth-order valence-corrected chi connectivity index (χ4v) is 2.04.